The zero-order valence-electron chi connectivity index (χ0n) is 19.7. The van der Waals surface area contributed by atoms with E-state index >= 15 is 0 Å². The largest absolute Gasteiger partial charge is 0.283 e. The van der Waals surface area contributed by atoms with Crippen LogP contribution in [0.25, 0.3) is 16.6 Å². The maximum absolute atomic E-state index is 14.4. The maximum Gasteiger partial charge on any atom is 0.266 e. The maximum atomic E-state index is 14.4. The number of aromatic nitrogens is 2. The van der Waals surface area contributed by atoms with Crippen LogP contribution in [0.5, 0.6) is 0 Å². The molecular weight excluding hydrogens is 532 g/mol. The fraction of sp³-hybridized carbons (Fsp3) is 0.241. The van der Waals surface area contributed by atoms with Crippen LogP contribution in [0.4, 0.5) is 5.69 Å². The van der Waals surface area contributed by atoms with Crippen LogP contribution in [-0.2, 0) is 15.1 Å². The van der Waals surface area contributed by atoms with Gasteiger partial charge in [0.2, 0.25) is 11.8 Å². The monoisotopic (exact) mass is 552 g/mol. The summed E-state index contributed by atoms with van der Waals surface area (Å²) < 4.78 is 2.57. The molecule has 0 aliphatic carbocycles. The van der Waals surface area contributed by atoms with Crippen molar-refractivity contribution in [3.8, 4) is 5.69 Å². The van der Waals surface area contributed by atoms with Gasteiger partial charge < -0.3 is 0 Å². The van der Waals surface area contributed by atoms with E-state index in [0.717, 1.165) is 35.1 Å². The van der Waals surface area contributed by atoms with Gasteiger partial charge >= 0.3 is 0 Å². The number of anilines is 1. The van der Waals surface area contributed by atoms with E-state index in [9.17, 15) is 14.4 Å². The number of amides is 2. The smallest absolute Gasteiger partial charge is 0.266 e. The second-order valence-electron chi connectivity index (χ2n) is 10.3. The minimum Gasteiger partial charge on any atom is -0.283 e. The van der Waals surface area contributed by atoms with Gasteiger partial charge in [-0.15, -0.1) is 0 Å². The standard InChI is InChI=1S/C29H21BrN4O3/c30-16-11-13-17(14-12-16)33-26(36)23-22-10-5-15-32(22)29(24(23)27(33)37)19-7-2-4-9-21(19)34-25(35)18-6-1-3-8-20(18)31-28(29)34/h1-4,6-9,11-14,22-24H,5,10,15H2/t22?,23-,24+,29?/m0/s1. The zero-order valence-corrected chi connectivity index (χ0v) is 21.3. The summed E-state index contributed by atoms with van der Waals surface area (Å²) in [6.45, 7) is 0.744. The van der Waals surface area contributed by atoms with E-state index in [1.54, 1.807) is 22.8 Å². The third-order valence-electron chi connectivity index (χ3n) is 8.73. The van der Waals surface area contributed by atoms with Crippen molar-refractivity contribution in [2.45, 2.75) is 24.4 Å². The Balaban J connectivity index is 1.45. The van der Waals surface area contributed by atoms with Crippen LogP contribution in [0.1, 0.15) is 24.2 Å². The molecule has 1 aromatic heterocycles. The van der Waals surface area contributed by atoms with Crippen LogP contribution in [0.3, 0.4) is 0 Å². The first-order valence-corrected chi connectivity index (χ1v) is 13.3. The minimum atomic E-state index is -0.984. The first-order valence-electron chi connectivity index (χ1n) is 12.6. The summed E-state index contributed by atoms with van der Waals surface area (Å²) in [5, 5.41) is 0.538. The second-order valence-corrected chi connectivity index (χ2v) is 11.2. The molecule has 37 heavy (non-hydrogen) atoms. The van der Waals surface area contributed by atoms with Crippen molar-refractivity contribution < 1.29 is 9.59 Å². The summed E-state index contributed by atoms with van der Waals surface area (Å²) >= 11 is 3.45. The normalized spacial score (nSPS) is 27.7. The molecule has 4 aliphatic rings. The highest BCUT2D eigenvalue weighted by atomic mass is 79.9. The van der Waals surface area contributed by atoms with Gasteiger partial charge in [0.1, 0.15) is 11.4 Å². The lowest BCUT2D eigenvalue weighted by Crippen LogP contribution is -2.51. The highest BCUT2D eigenvalue weighted by Crippen LogP contribution is 2.62. The van der Waals surface area contributed by atoms with E-state index < -0.39 is 17.4 Å². The van der Waals surface area contributed by atoms with Crippen LogP contribution in [0.2, 0.25) is 0 Å². The van der Waals surface area contributed by atoms with Gasteiger partial charge in [-0.1, -0.05) is 46.3 Å². The molecule has 7 nitrogen and oxygen atoms in total. The van der Waals surface area contributed by atoms with Gasteiger partial charge in [-0.2, -0.15) is 0 Å². The Labute approximate surface area is 220 Å². The van der Waals surface area contributed by atoms with Crippen LogP contribution in [0, 0.1) is 11.8 Å². The average Bonchev–Trinajstić information content (AvgIpc) is 3.62. The molecule has 3 aromatic carbocycles. The van der Waals surface area contributed by atoms with Crippen molar-refractivity contribution in [2.24, 2.45) is 11.8 Å². The van der Waals surface area contributed by atoms with E-state index in [4.69, 9.17) is 4.98 Å². The van der Waals surface area contributed by atoms with Crippen molar-refractivity contribution in [1.29, 1.82) is 0 Å². The average molecular weight is 553 g/mol. The molecule has 3 saturated heterocycles. The van der Waals surface area contributed by atoms with Gasteiger partial charge in [0.05, 0.1) is 34.1 Å². The van der Waals surface area contributed by atoms with E-state index in [-0.39, 0.29) is 23.4 Å². The van der Waals surface area contributed by atoms with Crippen molar-refractivity contribution in [1.82, 2.24) is 14.5 Å². The molecule has 0 radical (unpaired) electrons. The first kappa shape index (κ1) is 21.5. The van der Waals surface area contributed by atoms with Gasteiger partial charge in [-0.25, -0.2) is 9.88 Å². The molecule has 3 fully saturated rings. The summed E-state index contributed by atoms with van der Waals surface area (Å²) in [6.07, 6.45) is 1.76. The second kappa shape index (κ2) is 7.24. The molecule has 2 unspecified atom stereocenters. The summed E-state index contributed by atoms with van der Waals surface area (Å²) in [6, 6.07) is 22.3. The molecule has 4 atom stereocenters. The van der Waals surface area contributed by atoms with Crippen molar-refractivity contribution in [2.75, 3.05) is 11.4 Å². The Hall–Kier alpha value is -3.62. The van der Waals surface area contributed by atoms with Gasteiger partial charge in [0.25, 0.3) is 5.56 Å². The number of halogens is 1. The molecule has 0 bridgehead atoms. The quantitative estimate of drug-likeness (QED) is 0.334. The lowest BCUT2D eigenvalue weighted by molar-refractivity contribution is -0.124. The molecule has 182 valence electrons. The number of rotatable bonds is 1. The first-order chi connectivity index (χ1) is 18.0. The number of carbonyl (C=O) groups is 2. The van der Waals surface area contributed by atoms with Crippen LogP contribution in [-0.4, -0.2) is 38.9 Å². The van der Waals surface area contributed by atoms with Crippen molar-refractivity contribution >= 4 is 44.3 Å². The Morgan fingerprint density at radius 1 is 0.892 bits per heavy atom. The lowest BCUT2D eigenvalue weighted by Gasteiger charge is -2.38. The molecule has 8 rings (SSSR count). The number of para-hydroxylation sites is 2. The molecule has 8 heteroatoms. The number of carbonyl (C=O) groups excluding carboxylic acids is 2. The van der Waals surface area contributed by atoms with Gasteiger partial charge in [0, 0.05) is 16.1 Å². The van der Waals surface area contributed by atoms with Crippen molar-refractivity contribution in [3.05, 3.63) is 99.0 Å². The van der Waals surface area contributed by atoms with Crippen LogP contribution >= 0.6 is 15.9 Å². The Morgan fingerprint density at radius 3 is 2.49 bits per heavy atom. The third-order valence-corrected chi connectivity index (χ3v) is 9.25. The summed E-state index contributed by atoms with van der Waals surface area (Å²) in [4.78, 5) is 51.1. The summed E-state index contributed by atoms with van der Waals surface area (Å²) in [5.74, 6) is -1.00. The summed E-state index contributed by atoms with van der Waals surface area (Å²) in [7, 11) is 0. The SMILES string of the molecule is O=C1[C@H]2C3CCCN3C3(c4ccccc4-n4c3nc3ccccc3c4=O)[C@H]2C(=O)N1c1ccc(Br)cc1. The molecule has 4 aromatic rings. The molecule has 1 spiro atoms. The molecule has 0 saturated carbocycles. The number of imide groups is 1. The predicted octanol–water partition coefficient (Wildman–Crippen LogP) is 3.99. The molecule has 5 heterocycles. The van der Waals surface area contributed by atoms with E-state index in [1.807, 2.05) is 54.6 Å². The van der Waals surface area contributed by atoms with Crippen LogP contribution in [0.15, 0.2) is 82.1 Å². The number of nitrogens with zero attached hydrogens (tertiary/aromatic N) is 4. The van der Waals surface area contributed by atoms with Gasteiger partial charge in [-0.05, 0) is 61.9 Å². The van der Waals surface area contributed by atoms with E-state index in [2.05, 4.69) is 20.8 Å². The van der Waals surface area contributed by atoms with E-state index in [0.29, 0.717) is 22.4 Å². The summed E-state index contributed by atoms with van der Waals surface area (Å²) in [5.41, 5.74) is 1.67. The molecule has 4 aliphatic heterocycles. The number of hydrogen-bond donors (Lipinski definition) is 0. The van der Waals surface area contributed by atoms with Crippen LogP contribution < -0.4 is 10.5 Å². The number of benzene rings is 3. The Bertz CT molecular complexity index is 1730. The Kier molecular flexibility index (Phi) is 4.20. The fourth-order valence-electron chi connectivity index (χ4n) is 7.46. The minimum absolute atomic E-state index is 0.0927. The molecule has 0 N–H and O–H groups in total. The fourth-order valence-corrected chi connectivity index (χ4v) is 7.72. The van der Waals surface area contributed by atoms with Gasteiger partial charge in [-0.3, -0.25) is 23.9 Å². The van der Waals surface area contributed by atoms with Crippen molar-refractivity contribution in [3.63, 3.8) is 0 Å². The Morgan fingerprint density at radius 2 is 1.65 bits per heavy atom. The van der Waals surface area contributed by atoms with E-state index in [1.165, 1.54) is 4.90 Å². The highest BCUT2D eigenvalue weighted by molar-refractivity contribution is 9.10. The zero-order chi connectivity index (χ0) is 25.1. The third kappa shape index (κ3) is 2.45. The molecule has 2 amide bonds. The van der Waals surface area contributed by atoms with Gasteiger partial charge in [0.15, 0.2) is 0 Å². The topological polar surface area (TPSA) is 75.5 Å². The highest BCUT2D eigenvalue weighted by Gasteiger charge is 2.73. The number of hydrogen-bond acceptors (Lipinski definition) is 5. The lowest BCUT2D eigenvalue weighted by atomic mass is 9.75. The molecular formula is C29H21BrN4O3. The number of fused-ring (bicyclic) bond motifs is 11. The predicted molar refractivity (Wildman–Crippen MR) is 141 cm³/mol.